The lowest BCUT2D eigenvalue weighted by molar-refractivity contribution is 0.0138. The molecule has 2 rings (SSSR count). The van der Waals surface area contributed by atoms with Crippen molar-refractivity contribution in [3.05, 3.63) is 36.3 Å². The number of carbonyl (C=O) groups excluding carboxylic acids is 1. The molecule has 34 heavy (non-hydrogen) atoms. The Balaban J connectivity index is 0.00000164. The van der Waals surface area contributed by atoms with Crippen LogP contribution in [0.5, 0.6) is 0 Å². The molecule has 1 atom stereocenters. The van der Waals surface area contributed by atoms with Crippen LogP contribution in [-0.4, -0.2) is 57.2 Å². The summed E-state index contributed by atoms with van der Waals surface area (Å²) in [6.45, 7) is 23.7. The van der Waals surface area contributed by atoms with Crippen LogP contribution in [0.25, 0.3) is 0 Å². The standard InChI is InChI=1S/C20H31N5O2S.C4H8.C2H6/c1-7-28-18-22-17(14-25(18)12-15(2)16(3)21)13-23-8-10-24(11-9-23)19(26)27-20(4,5)6;1-3-4-2;1-2/h1,14-15H,3,8-13,21H2,2,4-6H3;3-4H,1-2H3;1-2H3/b;4-3-;. The summed E-state index contributed by atoms with van der Waals surface area (Å²) in [4.78, 5) is 20.9. The third-order valence-corrected chi connectivity index (χ3v) is 5.41. The molecule has 192 valence electrons. The fraction of sp³-hybridized carbons (Fsp3) is 0.615. The first kappa shape index (κ1) is 31.6. The molecule has 0 radical (unpaired) electrons. The van der Waals surface area contributed by atoms with Crippen molar-refractivity contribution in [2.75, 3.05) is 26.2 Å². The van der Waals surface area contributed by atoms with E-state index >= 15 is 0 Å². The van der Waals surface area contributed by atoms with Gasteiger partial charge in [0.25, 0.3) is 0 Å². The van der Waals surface area contributed by atoms with Crippen LogP contribution < -0.4 is 5.73 Å². The Labute approximate surface area is 211 Å². The van der Waals surface area contributed by atoms with Gasteiger partial charge in [0.05, 0.1) is 5.69 Å². The van der Waals surface area contributed by atoms with E-state index < -0.39 is 5.60 Å². The third-order valence-electron chi connectivity index (χ3n) is 4.79. The van der Waals surface area contributed by atoms with Gasteiger partial charge in [-0.1, -0.05) is 39.5 Å². The number of hydrogen-bond acceptors (Lipinski definition) is 6. The van der Waals surface area contributed by atoms with Crippen LogP contribution in [0.15, 0.2) is 35.8 Å². The number of imidazole rings is 1. The van der Waals surface area contributed by atoms with Gasteiger partial charge in [0, 0.05) is 68.8 Å². The molecule has 0 saturated carbocycles. The second-order valence-electron chi connectivity index (χ2n) is 8.77. The molecule has 1 aromatic heterocycles. The van der Waals surface area contributed by atoms with Gasteiger partial charge in [-0.3, -0.25) is 4.90 Å². The van der Waals surface area contributed by atoms with Gasteiger partial charge in [0.1, 0.15) is 5.60 Å². The topological polar surface area (TPSA) is 76.6 Å². The Morgan fingerprint density at radius 3 is 2.29 bits per heavy atom. The van der Waals surface area contributed by atoms with Crippen molar-refractivity contribution in [2.45, 2.75) is 79.2 Å². The summed E-state index contributed by atoms with van der Waals surface area (Å²) in [5.74, 6) is 0.136. The molecule has 0 spiro atoms. The van der Waals surface area contributed by atoms with E-state index in [0.717, 1.165) is 23.9 Å². The van der Waals surface area contributed by atoms with Crippen LogP contribution in [0.4, 0.5) is 4.79 Å². The summed E-state index contributed by atoms with van der Waals surface area (Å²) in [7, 11) is 0. The summed E-state index contributed by atoms with van der Waals surface area (Å²) in [6.07, 6.45) is 11.2. The predicted octanol–water partition coefficient (Wildman–Crippen LogP) is 5.34. The summed E-state index contributed by atoms with van der Waals surface area (Å²) in [6, 6.07) is 0. The van der Waals surface area contributed by atoms with E-state index in [2.05, 4.69) is 21.7 Å². The number of hydrogen-bond donors (Lipinski definition) is 1. The molecule has 2 heterocycles. The van der Waals surface area contributed by atoms with Gasteiger partial charge in [0.15, 0.2) is 5.16 Å². The minimum absolute atomic E-state index is 0.136. The lowest BCUT2D eigenvalue weighted by Gasteiger charge is -2.35. The Morgan fingerprint density at radius 1 is 1.29 bits per heavy atom. The van der Waals surface area contributed by atoms with Crippen LogP contribution in [0.1, 0.15) is 61.1 Å². The van der Waals surface area contributed by atoms with E-state index in [9.17, 15) is 4.79 Å². The van der Waals surface area contributed by atoms with E-state index in [0.29, 0.717) is 31.9 Å². The first-order valence-electron chi connectivity index (χ1n) is 11.9. The van der Waals surface area contributed by atoms with Crippen molar-refractivity contribution < 1.29 is 9.53 Å². The molecule has 1 aliphatic rings. The largest absolute Gasteiger partial charge is 0.444 e. The normalized spacial score (nSPS) is 14.9. The Bertz CT molecular complexity index is 808. The SMILES string of the molecule is C#CSc1nc(CN2CCN(C(=O)OC(C)(C)C)CC2)cn1CC(C)C(=C)N.C/C=C\C.CC. The van der Waals surface area contributed by atoms with Crippen molar-refractivity contribution >= 4 is 17.9 Å². The lowest BCUT2D eigenvalue weighted by atomic mass is 10.1. The summed E-state index contributed by atoms with van der Waals surface area (Å²) >= 11 is 1.27. The lowest BCUT2D eigenvalue weighted by Crippen LogP contribution is -2.49. The highest BCUT2D eigenvalue weighted by Crippen LogP contribution is 2.21. The highest BCUT2D eigenvalue weighted by molar-refractivity contribution is 8.03. The fourth-order valence-corrected chi connectivity index (χ4v) is 3.36. The first-order chi connectivity index (χ1) is 16.0. The number of nitrogens with two attached hydrogens (primary N) is 1. The molecule has 7 nitrogen and oxygen atoms in total. The number of piperazine rings is 1. The van der Waals surface area contributed by atoms with Gasteiger partial charge in [-0.25, -0.2) is 9.78 Å². The fourth-order valence-electron chi connectivity index (χ4n) is 2.85. The van der Waals surface area contributed by atoms with Crippen LogP contribution in [0.3, 0.4) is 0 Å². The molecule has 0 aromatic carbocycles. The van der Waals surface area contributed by atoms with Crippen LogP contribution in [0, 0.1) is 17.6 Å². The quantitative estimate of drug-likeness (QED) is 0.329. The van der Waals surface area contributed by atoms with Gasteiger partial charge < -0.3 is 19.9 Å². The summed E-state index contributed by atoms with van der Waals surface area (Å²) < 4.78 is 7.49. The number of amides is 1. The van der Waals surface area contributed by atoms with Crippen molar-refractivity contribution in [1.29, 1.82) is 0 Å². The molecule has 2 N–H and O–H groups in total. The minimum Gasteiger partial charge on any atom is -0.444 e. The van der Waals surface area contributed by atoms with Crippen LogP contribution in [-0.2, 0) is 17.8 Å². The molecule has 1 saturated heterocycles. The summed E-state index contributed by atoms with van der Waals surface area (Å²) in [5.41, 5.74) is 6.94. The highest BCUT2D eigenvalue weighted by Gasteiger charge is 2.26. The smallest absolute Gasteiger partial charge is 0.410 e. The maximum atomic E-state index is 12.2. The second kappa shape index (κ2) is 16.3. The first-order valence-corrected chi connectivity index (χ1v) is 12.7. The number of rotatable bonds is 6. The molecule has 1 fully saturated rings. The highest BCUT2D eigenvalue weighted by atomic mass is 32.2. The van der Waals surface area contributed by atoms with Crippen molar-refractivity contribution in [3.63, 3.8) is 0 Å². The average Bonchev–Trinajstić information content (AvgIpc) is 3.15. The number of ether oxygens (including phenoxy) is 1. The van der Waals surface area contributed by atoms with Crippen molar-refractivity contribution in [1.82, 2.24) is 19.4 Å². The van der Waals surface area contributed by atoms with E-state index in [1.54, 1.807) is 4.90 Å². The Kier molecular flexibility index (Phi) is 15.2. The van der Waals surface area contributed by atoms with E-state index in [1.165, 1.54) is 11.8 Å². The van der Waals surface area contributed by atoms with Gasteiger partial charge in [-0.15, -0.1) is 6.42 Å². The number of terminal acetylenes is 1. The van der Waals surface area contributed by atoms with Gasteiger partial charge in [0.2, 0.25) is 0 Å². The maximum Gasteiger partial charge on any atom is 0.410 e. The van der Waals surface area contributed by atoms with Gasteiger partial charge >= 0.3 is 6.09 Å². The van der Waals surface area contributed by atoms with Crippen LogP contribution in [0.2, 0.25) is 0 Å². The number of nitrogens with zero attached hydrogens (tertiary/aromatic N) is 4. The second-order valence-corrected chi connectivity index (χ2v) is 9.58. The molecule has 1 aliphatic heterocycles. The molecule has 1 aromatic rings. The molecule has 1 amide bonds. The monoisotopic (exact) mass is 491 g/mol. The van der Waals surface area contributed by atoms with Gasteiger partial charge in [-0.05, 0) is 39.9 Å². The average molecular weight is 492 g/mol. The zero-order valence-electron chi connectivity index (χ0n) is 22.4. The zero-order chi connectivity index (χ0) is 26.3. The van der Waals surface area contributed by atoms with E-state index in [-0.39, 0.29) is 12.0 Å². The number of carbonyl (C=O) groups is 1. The van der Waals surface area contributed by atoms with Crippen molar-refractivity contribution in [3.8, 4) is 11.7 Å². The third kappa shape index (κ3) is 12.2. The van der Waals surface area contributed by atoms with Crippen LogP contribution >= 0.6 is 11.8 Å². The predicted molar refractivity (Wildman–Crippen MR) is 144 cm³/mol. The molecular formula is C26H45N5O2S. The maximum absolute atomic E-state index is 12.2. The molecule has 1 unspecified atom stereocenters. The summed E-state index contributed by atoms with van der Waals surface area (Å²) in [5, 5.41) is 3.38. The van der Waals surface area contributed by atoms with E-state index in [4.69, 9.17) is 16.9 Å². The zero-order valence-corrected chi connectivity index (χ0v) is 23.2. The number of aromatic nitrogens is 2. The molecule has 0 aliphatic carbocycles. The van der Waals surface area contributed by atoms with Gasteiger partial charge in [-0.2, -0.15) is 0 Å². The van der Waals surface area contributed by atoms with Crippen molar-refractivity contribution in [2.24, 2.45) is 11.7 Å². The molecule has 0 bridgehead atoms. The minimum atomic E-state index is -0.474. The Hall–Kier alpha value is -2.37. The molecule has 8 heteroatoms. The number of allylic oxidation sites excluding steroid dienone is 3. The Morgan fingerprint density at radius 2 is 1.85 bits per heavy atom. The molecular weight excluding hydrogens is 446 g/mol. The number of thioether (sulfide) groups is 1. The van der Waals surface area contributed by atoms with E-state index in [1.807, 2.05) is 78.3 Å².